The highest BCUT2D eigenvalue weighted by Crippen LogP contribution is 2.35. The zero-order valence-electron chi connectivity index (χ0n) is 11.7. The van der Waals surface area contributed by atoms with Crippen LogP contribution in [0.3, 0.4) is 0 Å². The molecule has 0 unspecified atom stereocenters. The van der Waals surface area contributed by atoms with Gasteiger partial charge >= 0.3 is 0 Å². The van der Waals surface area contributed by atoms with Crippen molar-refractivity contribution in [1.82, 2.24) is 0 Å². The summed E-state index contributed by atoms with van der Waals surface area (Å²) in [5, 5.41) is 11.4. The lowest BCUT2D eigenvalue weighted by Gasteiger charge is -2.13. The number of methoxy groups -OCH3 is 1. The van der Waals surface area contributed by atoms with E-state index >= 15 is 0 Å². The summed E-state index contributed by atoms with van der Waals surface area (Å²) in [6, 6.07) is 2.98. The van der Waals surface area contributed by atoms with Crippen molar-refractivity contribution in [2.75, 3.05) is 20.3 Å². The lowest BCUT2D eigenvalue weighted by molar-refractivity contribution is -0.385. The smallest absolute Gasteiger partial charge is 0.277 e. The van der Waals surface area contributed by atoms with Crippen LogP contribution in [0, 0.1) is 10.1 Å². The molecule has 7 heteroatoms. The number of rotatable bonds is 8. The molecule has 112 valence electrons. The van der Waals surface area contributed by atoms with E-state index in [2.05, 4.69) is 15.9 Å². The fourth-order valence-electron chi connectivity index (χ4n) is 1.58. The first-order chi connectivity index (χ1) is 9.49. The Morgan fingerprint density at radius 2 is 2.00 bits per heavy atom. The van der Waals surface area contributed by atoms with Gasteiger partial charge in [0.2, 0.25) is 0 Å². The van der Waals surface area contributed by atoms with Crippen molar-refractivity contribution in [3.05, 3.63) is 27.8 Å². The molecule has 0 bridgehead atoms. The standard InChI is InChI=1S/C13H18BrNO5/c1-9(2)19-4-5-20-13-7-11(15(16)17)10(8-14)6-12(13)18-3/h6-7,9H,4-5,8H2,1-3H3. The topological polar surface area (TPSA) is 70.8 Å². The normalized spacial score (nSPS) is 10.7. The van der Waals surface area contributed by atoms with Crippen LogP contribution in [0.25, 0.3) is 0 Å². The van der Waals surface area contributed by atoms with Crippen molar-refractivity contribution >= 4 is 21.6 Å². The van der Waals surface area contributed by atoms with Gasteiger partial charge in [-0.1, -0.05) is 15.9 Å². The van der Waals surface area contributed by atoms with E-state index in [-0.39, 0.29) is 11.8 Å². The van der Waals surface area contributed by atoms with Crippen LogP contribution in [0.1, 0.15) is 19.4 Å². The van der Waals surface area contributed by atoms with Gasteiger partial charge in [0.1, 0.15) is 6.61 Å². The summed E-state index contributed by atoms with van der Waals surface area (Å²) >= 11 is 3.22. The van der Waals surface area contributed by atoms with Gasteiger partial charge in [0.05, 0.1) is 30.8 Å². The SMILES string of the molecule is COc1cc(CBr)c([N+](=O)[O-])cc1OCCOC(C)C. The maximum absolute atomic E-state index is 11.0. The van der Waals surface area contributed by atoms with Gasteiger partial charge in [0, 0.05) is 10.9 Å². The van der Waals surface area contributed by atoms with Gasteiger partial charge in [-0.25, -0.2) is 0 Å². The van der Waals surface area contributed by atoms with E-state index in [9.17, 15) is 10.1 Å². The van der Waals surface area contributed by atoms with Crippen molar-refractivity contribution < 1.29 is 19.1 Å². The fourth-order valence-corrected chi connectivity index (χ4v) is 2.03. The average molecular weight is 348 g/mol. The van der Waals surface area contributed by atoms with E-state index in [0.29, 0.717) is 35.6 Å². The number of alkyl halides is 1. The summed E-state index contributed by atoms with van der Waals surface area (Å²) in [5.74, 6) is 0.811. The highest BCUT2D eigenvalue weighted by Gasteiger charge is 2.18. The molecule has 20 heavy (non-hydrogen) atoms. The Hall–Kier alpha value is -1.34. The number of nitro benzene ring substituents is 1. The molecule has 0 aliphatic heterocycles. The number of ether oxygens (including phenoxy) is 3. The lowest BCUT2D eigenvalue weighted by Crippen LogP contribution is -2.12. The molecular weight excluding hydrogens is 330 g/mol. The lowest BCUT2D eigenvalue weighted by atomic mass is 10.2. The minimum absolute atomic E-state index is 0.00227. The van der Waals surface area contributed by atoms with Crippen LogP contribution in [0.5, 0.6) is 11.5 Å². The Morgan fingerprint density at radius 3 is 2.50 bits per heavy atom. The van der Waals surface area contributed by atoms with Gasteiger partial charge in [-0.15, -0.1) is 0 Å². The van der Waals surface area contributed by atoms with Crippen molar-refractivity contribution in [2.45, 2.75) is 25.3 Å². The molecule has 0 saturated carbocycles. The molecular formula is C13H18BrNO5. The third-order valence-corrected chi connectivity index (χ3v) is 3.10. The molecule has 1 rings (SSSR count). The largest absolute Gasteiger partial charge is 0.493 e. The predicted octanol–water partition coefficient (Wildman–Crippen LogP) is 3.30. The van der Waals surface area contributed by atoms with Crippen LogP contribution in [0.2, 0.25) is 0 Å². The zero-order valence-corrected chi connectivity index (χ0v) is 13.3. The van der Waals surface area contributed by atoms with E-state index < -0.39 is 4.92 Å². The molecule has 0 aromatic heterocycles. The molecule has 6 nitrogen and oxygen atoms in total. The second-order valence-corrected chi connectivity index (χ2v) is 4.85. The van der Waals surface area contributed by atoms with Gasteiger partial charge in [-0.05, 0) is 19.9 Å². The van der Waals surface area contributed by atoms with Crippen LogP contribution >= 0.6 is 15.9 Å². The molecule has 0 radical (unpaired) electrons. The van der Waals surface area contributed by atoms with Crippen LogP contribution in [-0.4, -0.2) is 31.4 Å². The molecule has 1 aromatic rings. The fraction of sp³-hybridized carbons (Fsp3) is 0.538. The minimum atomic E-state index is -0.437. The van der Waals surface area contributed by atoms with Crippen LogP contribution in [0.15, 0.2) is 12.1 Å². The Morgan fingerprint density at radius 1 is 1.30 bits per heavy atom. The minimum Gasteiger partial charge on any atom is -0.493 e. The van der Waals surface area contributed by atoms with Crippen LogP contribution < -0.4 is 9.47 Å². The van der Waals surface area contributed by atoms with Crippen LogP contribution in [0.4, 0.5) is 5.69 Å². The predicted molar refractivity (Wildman–Crippen MR) is 78.9 cm³/mol. The van der Waals surface area contributed by atoms with Crippen molar-refractivity contribution in [3.63, 3.8) is 0 Å². The van der Waals surface area contributed by atoms with Gasteiger partial charge in [-0.2, -0.15) is 0 Å². The Bertz CT molecular complexity index is 464. The summed E-state index contributed by atoms with van der Waals surface area (Å²) < 4.78 is 16.0. The summed E-state index contributed by atoms with van der Waals surface area (Å²) in [6.45, 7) is 4.57. The van der Waals surface area contributed by atoms with Gasteiger partial charge in [0.15, 0.2) is 11.5 Å². The van der Waals surface area contributed by atoms with E-state index in [1.54, 1.807) is 6.07 Å². The molecule has 0 aliphatic rings. The van der Waals surface area contributed by atoms with Crippen molar-refractivity contribution in [3.8, 4) is 11.5 Å². The number of halogens is 1. The first-order valence-electron chi connectivity index (χ1n) is 6.15. The highest BCUT2D eigenvalue weighted by atomic mass is 79.9. The van der Waals surface area contributed by atoms with E-state index in [0.717, 1.165) is 0 Å². The second kappa shape index (κ2) is 8.06. The number of hydrogen-bond donors (Lipinski definition) is 0. The molecule has 0 aliphatic carbocycles. The summed E-state index contributed by atoms with van der Waals surface area (Å²) in [7, 11) is 1.50. The highest BCUT2D eigenvalue weighted by molar-refractivity contribution is 9.08. The monoisotopic (exact) mass is 347 g/mol. The first kappa shape index (κ1) is 16.7. The molecule has 1 aromatic carbocycles. The van der Waals surface area contributed by atoms with Gasteiger partial charge < -0.3 is 14.2 Å². The molecule has 0 N–H and O–H groups in total. The van der Waals surface area contributed by atoms with E-state index in [1.165, 1.54) is 13.2 Å². The van der Waals surface area contributed by atoms with Crippen LogP contribution in [-0.2, 0) is 10.1 Å². The second-order valence-electron chi connectivity index (χ2n) is 4.29. The molecule has 0 saturated heterocycles. The summed E-state index contributed by atoms with van der Waals surface area (Å²) in [6.07, 6.45) is 0.116. The molecule has 0 heterocycles. The van der Waals surface area contributed by atoms with E-state index in [4.69, 9.17) is 14.2 Å². The van der Waals surface area contributed by atoms with Crippen molar-refractivity contribution in [1.29, 1.82) is 0 Å². The Balaban J connectivity index is 2.88. The van der Waals surface area contributed by atoms with Gasteiger partial charge in [-0.3, -0.25) is 10.1 Å². The number of nitrogens with zero attached hydrogens (tertiary/aromatic N) is 1. The molecule has 0 atom stereocenters. The number of nitro groups is 1. The number of benzene rings is 1. The van der Waals surface area contributed by atoms with Crippen molar-refractivity contribution in [2.24, 2.45) is 0 Å². The molecule has 0 spiro atoms. The first-order valence-corrected chi connectivity index (χ1v) is 7.27. The maximum Gasteiger partial charge on any atom is 0.277 e. The molecule has 0 fully saturated rings. The Kier molecular flexibility index (Phi) is 6.74. The molecule has 0 amide bonds. The summed E-state index contributed by atoms with van der Waals surface area (Å²) in [4.78, 5) is 10.6. The quantitative estimate of drug-likeness (QED) is 0.312. The van der Waals surface area contributed by atoms with Gasteiger partial charge in [0.25, 0.3) is 5.69 Å². The third-order valence-electron chi connectivity index (χ3n) is 2.50. The zero-order chi connectivity index (χ0) is 15.1. The third kappa shape index (κ3) is 4.64. The Labute approximate surface area is 126 Å². The summed E-state index contributed by atoms with van der Waals surface area (Å²) in [5.41, 5.74) is 0.542. The average Bonchev–Trinajstić information content (AvgIpc) is 2.42. The van der Waals surface area contributed by atoms with E-state index in [1.807, 2.05) is 13.8 Å². The maximum atomic E-state index is 11.0. The number of hydrogen-bond acceptors (Lipinski definition) is 5.